The summed E-state index contributed by atoms with van der Waals surface area (Å²) in [6.07, 6.45) is 5.89. The minimum Gasteiger partial charge on any atom is -0.377 e. The van der Waals surface area contributed by atoms with Gasteiger partial charge in [0.2, 0.25) is 5.91 Å². The lowest BCUT2D eigenvalue weighted by atomic mass is 9.69. The summed E-state index contributed by atoms with van der Waals surface area (Å²) in [6, 6.07) is 5.62. The Hall–Kier alpha value is -3.33. The molecule has 154 valence electrons. The van der Waals surface area contributed by atoms with E-state index in [1.807, 2.05) is 32.3 Å². The summed E-state index contributed by atoms with van der Waals surface area (Å²) in [5.41, 5.74) is 3.17. The normalized spacial score (nSPS) is 21.9. The molecule has 3 aromatic rings. The average Bonchev–Trinajstić information content (AvgIpc) is 3.37. The van der Waals surface area contributed by atoms with E-state index < -0.39 is 0 Å². The standard InChI is InChI=1S/C21H23N7O2/c1-12-6-19(26-20(23-12)21-8-14(9-21)30-11-21)25-17-7-18(24-13(2)29)22-10-15(17)16-4-5-28(3)27-16/h4-7,10,14H,8-9,11H2,1-3H3,(H2,22,23,24,25,26,29). The number of fused-ring (bicyclic) bond motifs is 1. The fraction of sp³-hybridized carbons (Fsp3) is 0.381. The molecule has 1 amide bonds. The van der Waals surface area contributed by atoms with E-state index in [1.54, 1.807) is 16.9 Å². The highest BCUT2D eigenvalue weighted by molar-refractivity contribution is 5.89. The van der Waals surface area contributed by atoms with E-state index in [-0.39, 0.29) is 11.3 Å². The van der Waals surface area contributed by atoms with Gasteiger partial charge in [-0.25, -0.2) is 15.0 Å². The summed E-state index contributed by atoms with van der Waals surface area (Å²) >= 11 is 0. The lowest BCUT2D eigenvalue weighted by molar-refractivity contribution is -0.114. The number of nitrogens with one attached hydrogen (secondary N) is 2. The number of ether oxygens (including phenoxy) is 1. The van der Waals surface area contributed by atoms with Crippen molar-refractivity contribution in [2.24, 2.45) is 7.05 Å². The zero-order valence-corrected chi connectivity index (χ0v) is 17.1. The summed E-state index contributed by atoms with van der Waals surface area (Å²) in [7, 11) is 1.87. The Labute approximate surface area is 173 Å². The number of anilines is 3. The van der Waals surface area contributed by atoms with Gasteiger partial charge in [-0.1, -0.05) is 0 Å². The quantitative estimate of drug-likeness (QED) is 0.672. The van der Waals surface area contributed by atoms with Crippen LogP contribution in [0.3, 0.4) is 0 Å². The van der Waals surface area contributed by atoms with E-state index in [4.69, 9.17) is 14.7 Å². The third-order valence-corrected chi connectivity index (χ3v) is 5.62. The molecule has 0 unspecified atom stereocenters. The van der Waals surface area contributed by atoms with E-state index in [9.17, 15) is 4.79 Å². The topological polar surface area (TPSA) is 107 Å². The number of carbonyl (C=O) groups excluding carboxylic acids is 1. The first-order valence-corrected chi connectivity index (χ1v) is 9.93. The molecule has 0 aromatic carbocycles. The Morgan fingerprint density at radius 3 is 2.77 bits per heavy atom. The van der Waals surface area contributed by atoms with Crippen molar-refractivity contribution >= 4 is 23.2 Å². The molecule has 0 radical (unpaired) electrons. The number of nitrogens with zero attached hydrogens (tertiary/aromatic N) is 5. The highest BCUT2D eigenvalue weighted by Gasteiger charge is 2.55. The van der Waals surface area contributed by atoms with Crippen LogP contribution in [0.2, 0.25) is 0 Å². The van der Waals surface area contributed by atoms with Gasteiger partial charge in [0.1, 0.15) is 17.5 Å². The zero-order valence-electron chi connectivity index (χ0n) is 17.1. The summed E-state index contributed by atoms with van der Waals surface area (Å²) in [5, 5.41) is 10.6. The number of aromatic nitrogens is 5. The fourth-order valence-electron chi connectivity index (χ4n) is 4.15. The Balaban J connectivity index is 1.53. The van der Waals surface area contributed by atoms with Crippen molar-refractivity contribution in [3.05, 3.63) is 42.1 Å². The van der Waals surface area contributed by atoms with Gasteiger partial charge in [-0.05, 0) is 25.8 Å². The Morgan fingerprint density at radius 1 is 1.27 bits per heavy atom. The maximum atomic E-state index is 11.5. The highest BCUT2D eigenvalue weighted by Crippen LogP contribution is 2.50. The SMILES string of the molecule is CC(=O)Nc1cc(Nc2cc(C)nc(C34COC(C3)C4)n2)c(-c2ccn(C)n2)cn1. The zero-order chi connectivity index (χ0) is 20.9. The van der Waals surface area contributed by atoms with Gasteiger partial charge in [0.15, 0.2) is 0 Å². The van der Waals surface area contributed by atoms with Crippen molar-refractivity contribution in [3.8, 4) is 11.3 Å². The van der Waals surface area contributed by atoms with Gasteiger partial charge in [-0.15, -0.1) is 0 Å². The molecule has 9 heteroatoms. The van der Waals surface area contributed by atoms with E-state index in [2.05, 4.69) is 20.7 Å². The molecule has 2 aliphatic heterocycles. The molecule has 2 N–H and O–H groups in total. The number of amides is 1. The van der Waals surface area contributed by atoms with Crippen LogP contribution in [0.1, 0.15) is 31.3 Å². The van der Waals surface area contributed by atoms with Crippen molar-refractivity contribution in [1.82, 2.24) is 24.7 Å². The monoisotopic (exact) mass is 405 g/mol. The molecule has 2 bridgehead atoms. The third kappa shape index (κ3) is 3.30. The maximum absolute atomic E-state index is 11.5. The van der Waals surface area contributed by atoms with E-state index in [0.29, 0.717) is 24.3 Å². The van der Waals surface area contributed by atoms with Crippen LogP contribution in [-0.2, 0) is 22.0 Å². The number of pyridine rings is 1. The smallest absolute Gasteiger partial charge is 0.222 e. The molecule has 3 aliphatic rings. The van der Waals surface area contributed by atoms with Crippen molar-refractivity contribution in [1.29, 1.82) is 0 Å². The van der Waals surface area contributed by atoms with E-state index in [0.717, 1.165) is 41.3 Å². The minimum absolute atomic E-state index is 0.0590. The number of aryl methyl sites for hydroxylation is 2. The summed E-state index contributed by atoms with van der Waals surface area (Å²) in [6.45, 7) is 4.10. The van der Waals surface area contributed by atoms with Crippen LogP contribution >= 0.6 is 0 Å². The minimum atomic E-state index is -0.181. The molecule has 3 fully saturated rings. The number of hydrogen-bond acceptors (Lipinski definition) is 7. The third-order valence-electron chi connectivity index (χ3n) is 5.62. The lowest BCUT2D eigenvalue weighted by Crippen LogP contribution is -2.39. The summed E-state index contributed by atoms with van der Waals surface area (Å²) < 4.78 is 7.49. The lowest BCUT2D eigenvalue weighted by Gasteiger charge is -2.33. The first-order chi connectivity index (χ1) is 14.4. The van der Waals surface area contributed by atoms with Crippen molar-refractivity contribution in [2.45, 2.75) is 38.2 Å². The van der Waals surface area contributed by atoms with Crippen molar-refractivity contribution < 1.29 is 9.53 Å². The number of carbonyl (C=O) groups is 1. The van der Waals surface area contributed by atoms with Crippen LogP contribution in [0.15, 0.2) is 30.6 Å². The van der Waals surface area contributed by atoms with Crippen LogP contribution in [0.5, 0.6) is 0 Å². The fourth-order valence-corrected chi connectivity index (χ4v) is 4.15. The molecule has 1 aliphatic carbocycles. The molecule has 30 heavy (non-hydrogen) atoms. The Morgan fingerprint density at radius 2 is 2.10 bits per heavy atom. The molecule has 9 nitrogen and oxygen atoms in total. The van der Waals surface area contributed by atoms with Crippen LogP contribution in [0, 0.1) is 6.92 Å². The molecular formula is C21H23N7O2. The number of hydrogen-bond donors (Lipinski definition) is 2. The van der Waals surface area contributed by atoms with Crippen molar-refractivity contribution in [2.75, 3.05) is 17.2 Å². The van der Waals surface area contributed by atoms with Gasteiger partial charge in [0.25, 0.3) is 0 Å². The second-order valence-electron chi connectivity index (χ2n) is 8.14. The maximum Gasteiger partial charge on any atom is 0.222 e. The van der Waals surface area contributed by atoms with Gasteiger partial charge in [0.05, 0.1) is 29.5 Å². The predicted molar refractivity (Wildman–Crippen MR) is 111 cm³/mol. The number of rotatable bonds is 5. The van der Waals surface area contributed by atoms with Gasteiger partial charge < -0.3 is 15.4 Å². The molecule has 2 saturated heterocycles. The molecule has 5 heterocycles. The van der Waals surface area contributed by atoms with Gasteiger partial charge in [-0.3, -0.25) is 9.48 Å². The second-order valence-corrected chi connectivity index (χ2v) is 8.14. The first-order valence-electron chi connectivity index (χ1n) is 9.93. The second kappa shape index (κ2) is 6.88. The molecule has 0 atom stereocenters. The van der Waals surface area contributed by atoms with Crippen LogP contribution in [0.4, 0.5) is 17.3 Å². The van der Waals surface area contributed by atoms with Crippen LogP contribution in [0.25, 0.3) is 11.3 Å². The average molecular weight is 405 g/mol. The Bertz CT molecular complexity index is 1130. The van der Waals surface area contributed by atoms with Crippen molar-refractivity contribution in [3.63, 3.8) is 0 Å². The summed E-state index contributed by atoms with van der Waals surface area (Å²) in [4.78, 5) is 25.4. The van der Waals surface area contributed by atoms with Gasteiger partial charge >= 0.3 is 0 Å². The largest absolute Gasteiger partial charge is 0.377 e. The highest BCUT2D eigenvalue weighted by atomic mass is 16.5. The van der Waals surface area contributed by atoms with Gasteiger partial charge in [-0.2, -0.15) is 5.10 Å². The molecule has 3 aromatic heterocycles. The van der Waals surface area contributed by atoms with Gasteiger partial charge in [0, 0.05) is 49.8 Å². The molecule has 6 rings (SSSR count). The predicted octanol–water partition coefficient (Wildman–Crippen LogP) is 2.71. The van der Waals surface area contributed by atoms with E-state index >= 15 is 0 Å². The molecule has 1 saturated carbocycles. The van der Waals surface area contributed by atoms with Crippen LogP contribution in [-0.4, -0.2) is 43.4 Å². The Kier molecular flexibility index (Phi) is 4.28. The molecular weight excluding hydrogens is 382 g/mol. The first kappa shape index (κ1) is 18.7. The van der Waals surface area contributed by atoms with Crippen LogP contribution < -0.4 is 10.6 Å². The molecule has 0 spiro atoms. The van der Waals surface area contributed by atoms with E-state index in [1.165, 1.54) is 6.92 Å². The summed E-state index contributed by atoms with van der Waals surface area (Å²) in [5.74, 6) is 1.80.